The van der Waals surface area contributed by atoms with E-state index in [1.165, 1.54) is 0 Å². The largest absolute Gasteiger partial charge is 0.358 e. The van der Waals surface area contributed by atoms with E-state index in [2.05, 4.69) is 9.44 Å². The lowest BCUT2D eigenvalue weighted by molar-refractivity contribution is 0.338. The number of aryl methyl sites for hydroxylation is 3. The molecule has 0 bridgehead atoms. The third kappa shape index (κ3) is 3.30. The van der Waals surface area contributed by atoms with Crippen molar-refractivity contribution >= 4 is 15.8 Å². The standard InChI is InChI=1S/C12H17NO3S/c1-8(2)13-16-17(14,15)12-7-10(4)9(3)6-11(12)5/h6-7H,1-5H3. The Bertz CT molecular complexity index is 555. The second-order valence-electron chi connectivity index (χ2n) is 4.27. The second kappa shape index (κ2) is 4.87. The molecule has 0 radical (unpaired) electrons. The molecule has 0 aliphatic rings. The Hall–Kier alpha value is -1.36. The molecule has 0 N–H and O–H groups in total. The molecule has 94 valence electrons. The van der Waals surface area contributed by atoms with Crippen molar-refractivity contribution in [2.24, 2.45) is 5.16 Å². The van der Waals surface area contributed by atoms with Gasteiger partial charge in [-0.05, 0) is 57.4 Å². The first-order chi connectivity index (χ1) is 7.74. The molecule has 1 aromatic rings. The van der Waals surface area contributed by atoms with Crippen LogP contribution < -0.4 is 0 Å². The van der Waals surface area contributed by atoms with E-state index < -0.39 is 10.1 Å². The quantitative estimate of drug-likeness (QED) is 0.616. The van der Waals surface area contributed by atoms with Crippen LogP contribution in [0.25, 0.3) is 0 Å². The Morgan fingerprint density at radius 2 is 1.59 bits per heavy atom. The fourth-order valence-corrected chi connectivity index (χ4v) is 2.47. The minimum Gasteiger partial charge on any atom is -0.265 e. The summed E-state index contributed by atoms with van der Waals surface area (Å²) in [4.78, 5) is 0.172. The number of benzene rings is 1. The van der Waals surface area contributed by atoms with Crippen LogP contribution in [0.3, 0.4) is 0 Å². The summed E-state index contributed by atoms with van der Waals surface area (Å²) in [5.74, 6) is 0. The van der Waals surface area contributed by atoms with Crippen LogP contribution >= 0.6 is 0 Å². The van der Waals surface area contributed by atoms with E-state index in [1.54, 1.807) is 26.8 Å². The summed E-state index contributed by atoms with van der Waals surface area (Å²) in [5, 5.41) is 3.49. The second-order valence-corrected chi connectivity index (χ2v) is 5.77. The Kier molecular flexibility index (Phi) is 3.93. The summed E-state index contributed by atoms with van der Waals surface area (Å²) in [6.45, 7) is 8.88. The zero-order valence-corrected chi connectivity index (χ0v) is 11.6. The molecule has 5 heteroatoms. The highest BCUT2D eigenvalue weighted by molar-refractivity contribution is 7.86. The van der Waals surface area contributed by atoms with Gasteiger partial charge in [0, 0.05) is 0 Å². The van der Waals surface area contributed by atoms with E-state index in [9.17, 15) is 8.42 Å². The Morgan fingerprint density at radius 1 is 1.06 bits per heavy atom. The van der Waals surface area contributed by atoms with Gasteiger partial charge in [-0.2, -0.15) is 8.42 Å². The molecule has 0 aliphatic carbocycles. The van der Waals surface area contributed by atoms with E-state index in [-0.39, 0.29) is 4.90 Å². The van der Waals surface area contributed by atoms with Gasteiger partial charge in [-0.3, -0.25) is 4.28 Å². The molecule has 1 aromatic carbocycles. The normalized spacial score (nSPS) is 11.1. The first-order valence-corrected chi connectivity index (χ1v) is 6.67. The zero-order chi connectivity index (χ0) is 13.2. The predicted octanol–water partition coefficient (Wildman–Crippen LogP) is 2.71. The summed E-state index contributed by atoms with van der Waals surface area (Å²) in [7, 11) is -3.81. The lowest BCUT2D eigenvalue weighted by Gasteiger charge is -2.08. The van der Waals surface area contributed by atoms with Crippen LogP contribution in [-0.4, -0.2) is 14.1 Å². The molecule has 0 aliphatic heterocycles. The van der Waals surface area contributed by atoms with E-state index in [0.717, 1.165) is 11.1 Å². The number of nitrogens with zero attached hydrogens (tertiary/aromatic N) is 1. The topological polar surface area (TPSA) is 55.7 Å². The summed E-state index contributed by atoms with van der Waals surface area (Å²) in [6.07, 6.45) is 0. The van der Waals surface area contributed by atoms with Crippen LogP contribution in [0, 0.1) is 20.8 Å². The molecular weight excluding hydrogens is 238 g/mol. The first-order valence-electron chi connectivity index (χ1n) is 5.27. The molecule has 0 spiro atoms. The van der Waals surface area contributed by atoms with Crippen molar-refractivity contribution in [2.75, 3.05) is 0 Å². The van der Waals surface area contributed by atoms with Gasteiger partial charge in [0.2, 0.25) is 0 Å². The fraction of sp³-hybridized carbons (Fsp3) is 0.417. The van der Waals surface area contributed by atoms with E-state index in [4.69, 9.17) is 0 Å². The van der Waals surface area contributed by atoms with Gasteiger partial charge < -0.3 is 0 Å². The van der Waals surface area contributed by atoms with Crippen molar-refractivity contribution in [2.45, 2.75) is 39.5 Å². The maximum absolute atomic E-state index is 11.9. The van der Waals surface area contributed by atoms with Gasteiger partial charge in [-0.1, -0.05) is 11.2 Å². The minimum absolute atomic E-state index is 0.172. The molecule has 0 heterocycles. The molecule has 17 heavy (non-hydrogen) atoms. The predicted molar refractivity (Wildman–Crippen MR) is 67.7 cm³/mol. The molecule has 0 unspecified atom stereocenters. The molecule has 0 saturated carbocycles. The molecule has 0 atom stereocenters. The summed E-state index contributed by atoms with van der Waals surface area (Å²) < 4.78 is 28.4. The van der Waals surface area contributed by atoms with Crippen LogP contribution in [-0.2, 0) is 14.4 Å². The maximum Gasteiger partial charge on any atom is 0.358 e. The lowest BCUT2D eigenvalue weighted by Crippen LogP contribution is -2.06. The van der Waals surface area contributed by atoms with Crippen LogP contribution in [0.4, 0.5) is 0 Å². The van der Waals surface area contributed by atoms with Crippen molar-refractivity contribution in [3.8, 4) is 0 Å². The number of rotatable bonds is 3. The SMILES string of the molecule is CC(C)=NOS(=O)(=O)c1cc(C)c(C)cc1C. The maximum atomic E-state index is 11.9. The van der Waals surface area contributed by atoms with Crippen LogP contribution in [0.15, 0.2) is 22.2 Å². The number of oxime groups is 1. The van der Waals surface area contributed by atoms with Gasteiger partial charge in [-0.15, -0.1) is 0 Å². The lowest BCUT2D eigenvalue weighted by atomic mass is 10.1. The van der Waals surface area contributed by atoms with E-state index in [1.807, 2.05) is 19.9 Å². The van der Waals surface area contributed by atoms with Crippen molar-refractivity contribution in [3.05, 3.63) is 28.8 Å². The van der Waals surface area contributed by atoms with Gasteiger partial charge in [0.15, 0.2) is 0 Å². The molecule has 0 saturated heterocycles. The van der Waals surface area contributed by atoms with Crippen LogP contribution in [0.5, 0.6) is 0 Å². The monoisotopic (exact) mass is 255 g/mol. The average Bonchev–Trinajstić information content (AvgIpc) is 2.20. The summed E-state index contributed by atoms with van der Waals surface area (Å²) >= 11 is 0. The van der Waals surface area contributed by atoms with E-state index in [0.29, 0.717) is 11.3 Å². The molecule has 0 fully saturated rings. The Labute approximate surface area is 102 Å². The third-order valence-corrected chi connectivity index (χ3v) is 3.63. The Balaban J connectivity index is 3.25. The smallest absolute Gasteiger partial charge is 0.265 e. The van der Waals surface area contributed by atoms with Gasteiger partial charge in [0.25, 0.3) is 0 Å². The van der Waals surface area contributed by atoms with Crippen LogP contribution in [0.2, 0.25) is 0 Å². The van der Waals surface area contributed by atoms with E-state index >= 15 is 0 Å². The Morgan fingerprint density at radius 3 is 2.12 bits per heavy atom. The van der Waals surface area contributed by atoms with Crippen molar-refractivity contribution < 1.29 is 12.7 Å². The highest BCUT2D eigenvalue weighted by atomic mass is 32.2. The highest BCUT2D eigenvalue weighted by Crippen LogP contribution is 2.21. The van der Waals surface area contributed by atoms with Gasteiger partial charge >= 0.3 is 10.1 Å². The van der Waals surface area contributed by atoms with Gasteiger partial charge in [0.05, 0.1) is 5.71 Å². The molecule has 0 aromatic heterocycles. The van der Waals surface area contributed by atoms with Gasteiger partial charge in [-0.25, -0.2) is 0 Å². The van der Waals surface area contributed by atoms with Gasteiger partial charge in [0.1, 0.15) is 4.90 Å². The summed E-state index contributed by atoms with van der Waals surface area (Å²) in [6, 6.07) is 3.44. The van der Waals surface area contributed by atoms with Crippen molar-refractivity contribution in [1.29, 1.82) is 0 Å². The minimum atomic E-state index is -3.81. The van der Waals surface area contributed by atoms with Crippen LogP contribution in [0.1, 0.15) is 30.5 Å². The fourth-order valence-electron chi connectivity index (χ4n) is 1.37. The van der Waals surface area contributed by atoms with Crippen molar-refractivity contribution in [1.82, 2.24) is 0 Å². The highest BCUT2D eigenvalue weighted by Gasteiger charge is 2.19. The third-order valence-electron chi connectivity index (χ3n) is 2.38. The molecule has 4 nitrogen and oxygen atoms in total. The molecule has 1 rings (SSSR count). The van der Waals surface area contributed by atoms with Crippen molar-refractivity contribution in [3.63, 3.8) is 0 Å². The summed E-state index contributed by atoms with van der Waals surface area (Å²) in [5.41, 5.74) is 3.18. The number of hydrogen-bond acceptors (Lipinski definition) is 4. The number of hydrogen-bond donors (Lipinski definition) is 0. The average molecular weight is 255 g/mol. The zero-order valence-electron chi connectivity index (χ0n) is 10.7. The first kappa shape index (κ1) is 13.7. The molecule has 0 amide bonds. The molecular formula is C12H17NO3S.